The Hall–Kier alpha value is -2.94. The van der Waals surface area contributed by atoms with Crippen molar-refractivity contribution in [2.75, 3.05) is 46.2 Å². The summed E-state index contributed by atoms with van der Waals surface area (Å²) in [5.74, 6) is 1.13. The quantitative estimate of drug-likeness (QED) is 0.441. The van der Waals surface area contributed by atoms with Gasteiger partial charge in [-0.25, -0.2) is 8.42 Å². The second-order valence-corrected chi connectivity index (χ2v) is 9.53. The van der Waals surface area contributed by atoms with Gasteiger partial charge in [-0.3, -0.25) is 4.72 Å². The molecule has 1 N–H and O–H groups in total. The van der Waals surface area contributed by atoms with Crippen molar-refractivity contribution in [3.63, 3.8) is 0 Å². The van der Waals surface area contributed by atoms with E-state index in [4.69, 9.17) is 25.8 Å². The van der Waals surface area contributed by atoms with Crippen LogP contribution < -0.4 is 18.9 Å². The number of benzene rings is 3. The van der Waals surface area contributed by atoms with Gasteiger partial charge in [0.05, 0.1) is 29.8 Å². The lowest BCUT2D eigenvalue weighted by Gasteiger charge is -2.17. The highest BCUT2D eigenvalue weighted by atomic mass is 35.5. The minimum atomic E-state index is -4.01. The fraction of sp³-hybridized carbons (Fsp3) is 0.250. The third kappa shape index (κ3) is 6.10. The highest BCUT2D eigenvalue weighted by Gasteiger charge is 2.24. The van der Waals surface area contributed by atoms with Gasteiger partial charge < -0.3 is 19.1 Å². The van der Waals surface area contributed by atoms with Crippen molar-refractivity contribution >= 4 is 27.3 Å². The molecular formula is C24H27ClN2O5S. The van der Waals surface area contributed by atoms with E-state index in [1.807, 2.05) is 49.3 Å². The topological polar surface area (TPSA) is 77.1 Å². The molecule has 0 fully saturated rings. The Morgan fingerprint density at radius 1 is 0.909 bits per heavy atom. The number of halogens is 1. The molecule has 0 aliphatic carbocycles. The fourth-order valence-electron chi connectivity index (χ4n) is 3.15. The first-order valence-corrected chi connectivity index (χ1v) is 12.0. The molecule has 0 aliphatic heterocycles. The standard InChI is InChI=1S/C24H27ClN2O5S/c1-27(2)12-13-32-21-14-18(10-11-20(21)25)26-33(28,29)24-16-23(31-4)22(30-3)15-19(24)17-8-6-5-7-9-17/h5-11,14-16,26H,12-13H2,1-4H3. The Balaban J connectivity index is 2.00. The van der Waals surface area contributed by atoms with Crippen molar-refractivity contribution < 1.29 is 22.6 Å². The number of nitrogens with one attached hydrogen (secondary N) is 1. The normalized spacial score (nSPS) is 11.3. The van der Waals surface area contributed by atoms with Crippen LogP contribution >= 0.6 is 11.6 Å². The molecule has 0 bridgehead atoms. The highest BCUT2D eigenvalue weighted by molar-refractivity contribution is 7.92. The van der Waals surface area contributed by atoms with E-state index in [1.54, 1.807) is 24.3 Å². The molecule has 0 saturated heterocycles. The number of nitrogens with zero attached hydrogens (tertiary/aromatic N) is 1. The van der Waals surface area contributed by atoms with Crippen LogP contribution in [0.15, 0.2) is 65.6 Å². The molecule has 176 valence electrons. The van der Waals surface area contributed by atoms with E-state index < -0.39 is 10.0 Å². The van der Waals surface area contributed by atoms with Gasteiger partial charge in [0.15, 0.2) is 11.5 Å². The van der Waals surface area contributed by atoms with Gasteiger partial charge in [-0.05, 0) is 37.9 Å². The summed E-state index contributed by atoms with van der Waals surface area (Å²) in [6.45, 7) is 1.11. The monoisotopic (exact) mass is 490 g/mol. The molecule has 0 spiro atoms. The summed E-state index contributed by atoms with van der Waals surface area (Å²) < 4.78 is 46.0. The van der Waals surface area contributed by atoms with Gasteiger partial charge >= 0.3 is 0 Å². The van der Waals surface area contributed by atoms with E-state index in [1.165, 1.54) is 20.3 Å². The largest absolute Gasteiger partial charge is 0.493 e. The van der Waals surface area contributed by atoms with Crippen molar-refractivity contribution in [2.24, 2.45) is 0 Å². The Labute approximate surface area is 199 Å². The molecule has 9 heteroatoms. The van der Waals surface area contributed by atoms with Gasteiger partial charge in [0.1, 0.15) is 12.4 Å². The van der Waals surface area contributed by atoms with Gasteiger partial charge in [-0.15, -0.1) is 0 Å². The highest BCUT2D eigenvalue weighted by Crippen LogP contribution is 2.39. The minimum absolute atomic E-state index is 0.0522. The van der Waals surface area contributed by atoms with Gasteiger partial charge in [0.2, 0.25) is 0 Å². The second kappa shape index (κ2) is 10.8. The Morgan fingerprint density at radius 2 is 1.58 bits per heavy atom. The van der Waals surface area contributed by atoms with Gasteiger partial charge in [-0.2, -0.15) is 0 Å². The Bertz CT molecular complexity index is 1200. The molecule has 0 aliphatic rings. The maximum Gasteiger partial charge on any atom is 0.262 e. The lowest BCUT2D eigenvalue weighted by Crippen LogP contribution is -2.19. The first kappa shape index (κ1) is 24.7. The summed E-state index contributed by atoms with van der Waals surface area (Å²) in [6.07, 6.45) is 0. The predicted molar refractivity (Wildman–Crippen MR) is 131 cm³/mol. The molecule has 0 unspecified atom stereocenters. The smallest absolute Gasteiger partial charge is 0.262 e. The first-order valence-electron chi connectivity index (χ1n) is 10.2. The number of methoxy groups -OCH3 is 2. The molecule has 0 radical (unpaired) electrons. The fourth-order valence-corrected chi connectivity index (χ4v) is 4.60. The second-order valence-electron chi connectivity index (χ2n) is 7.47. The van der Waals surface area contributed by atoms with Gasteiger partial charge in [0.25, 0.3) is 10.0 Å². The van der Waals surface area contributed by atoms with Crippen molar-refractivity contribution in [2.45, 2.75) is 4.90 Å². The molecule has 3 rings (SSSR count). The molecule has 0 heterocycles. The zero-order valence-electron chi connectivity index (χ0n) is 19.0. The summed E-state index contributed by atoms with van der Waals surface area (Å²) in [7, 11) is 2.82. The predicted octanol–water partition coefficient (Wildman–Crippen LogP) is 4.77. The van der Waals surface area contributed by atoms with E-state index >= 15 is 0 Å². The van der Waals surface area contributed by atoms with E-state index in [0.717, 1.165) is 5.56 Å². The summed E-state index contributed by atoms with van der Waals surface area (Å²) in [5.41, 5.74) is 1.54. The lowest BCUT2D eigenvalue weighted by atomic mass is 10.1. The van der Waals surface area contributed by atoms with Gasteiger partial charge in [0, 0.05) is 24.2 Å². The van der Waals surface area contributed by atoms with Gasteiger partial charge in [-0.1, -0.05) is 41.9 Å². The van der Waals surface area contributed by atoms with E-state index in [9.17, 15) is 8.42 Å². The number of hydrogen-bond acceptors (Lipinski definition) is 6. The maximum absolute atomic E-state index is 13.5. The zero-order chi connectivity index (χ0) is 24.0. The zero-order valence-corrected chi connectivity index (χ0v) is 20.5. The molecule has 7 nitrogen and oxygen atoms in total. The number of hydrogen-bond donors (Lipinski definition) is 1. The molecule has 0 saturated carbocycles. The Morgan fingerprint density at radius 3 is 2.21 bits per heavy atom. The number of likely N-dealkylation sites (N-methyl/N-ethyl adjacent to an activating group) is 1. The molecule has 0 atom stereocenters. The third-order valence-corrected chi connectivity index (χ3v) is 6.57. The number of sulfonamides is 1. The Kier molecular flexibility index (Phi) is 8.07. The van der Waals surface area contributed by atoms with E-state index in [-0.39, 0.29) is 4.90 Å². The van der Waals surface area contributed by atoms with Crippen LogP contribution in [0.1, 0.15) is 0 Å². The van der Waals surface area contributed by atoms with Crippen molar-refractivity contribution in [3.05, 3.63) is 65.7 Å². The average molecular weight is 491 g/mol. The summed E-state index contributed by atoms with van der Waals surface area (Å²) >= 11 is 6.23. The summed E-state index contributed by atoms with van der Waals surface area (Å²) in [5, 5.41) is 0.396. The number of ether oxygens (including phenoxy) is 3. The van der Waals surface area contributed by atoms with E-state index in [2.05, 4.69) is 4.72 Å². The minimum Gasteiger partial charge on any atom is -0.493 e. The molecule has 0 amide bonds. The van der Waals surface area contributed by atoms with Crippen LogP contribution in [0.2, 0.25) is 5.02 Å². The molecule has 3 aromatic carbocycles. The molecule has 3 aromatic rings. The average Bonchev–Trinajstić information content (AvgIpc) is 2.80. The number of rotatable bonds is 10. The van der Waals surface area contributed by atoms with Crippen LogP contribution in [-0.2, 0) is 10.0 Å². The molecule has 33 heavy (non-hydrogen) atoms. The molecule has 0 aromatic heterocycles. The number of anilines is 1. The van der Waals surface area contributed by atoms with Crippen LogP contribution in [0.5, 0.6) is 17.2 Å². The molecular weight excluding hydrogens is 464 g/mol. The summed E-state index contributed by atoms with van der Waals surface area (Å²) in [4.78, 5) is 2.03. The van der Waals surface area contributed by atoms with Crippen LogP contribution in [-0.4, -0.2) is 54.8 Å². The van der Waals surface area contributed by atoms with Crippen molar-refractivity contribution in [1.29, 1.82) is 0 Å². The van der Waals surface area contributed by atoms with Crippen molar-refractivity contribution in [3.8, 4) is 28.4 Å². The maximum atomic E-state index is 13.5. The summed E-state index contributed by atoms with van der Waals surface area (Å²) in [6, 6.07) is 17.1. The lowest BCUT2D eigenvalue weighted by molar-refractivity contribution is 0.261. The first-order chi connectivity index (χ1) is 15.7. The van der Waals surface area contributed by atoms with Crippen LogP contribution in [0.25, 0.3) is 11.1 Å². The SMILES string of the molecule is COc1cc(-c2ccccc2)c(S(=O)(=O)Nc2ccc(Cl)c(OCCN(C)C)c2)cc1OC. The van der Waals surface area contributed by atoms with Crippen LogP contribution in [0, 0.1) is 0 Å². The van der Waals surface area contributed by atoms with Crippen LogP contribution in [0.3, 0.4) is 0 Å². The van der Waals surface area contributed by atoms with Crippen LogP contribution in [0.4, 0.5) is 5.69 Å². The van der Waals surface area contributed by atoms with E-state index in [0.29, 0.717) is 46.7 Å². The van der Waals surface area contributed by atoms with Crippen molar-refractivity contribution in [1.82, 2.24) is 4.90 Å². The third-order valence-electron chi connectivity index (χ3n) is 4.84.